The number of aliphatic hydroxyl groups is 1. The third-order valence-electron chi connectivity index (χ3n) is 2.60. The Hall–Kier alpha value is -0.210. The van der Waals surface area contributed by atoms with Crippen molar-refractivity contribution in [2.45, 2.75) is 13.2 Å². The van der Waals surface area contributed by atoms with Crippen LogP contribution in [-0.2, 0) is 10.1 Å². The van der Waals surface area contributed by atoms with Gasteiger partial charge in [-0.3, -0.25) is 14.4 Å². The Morgan fingerprint density at radius 3 is 2.20 bits per heavy atom. The molecule has 7 heteroatoms. The molecule has 1 heterocycles. The summed E-state index contributed by atoms with van der Waals surface area (Å²) in [5.41, 5.74) is 0. The highest BCUT2D eigenvalue weighted by molar-refractivity contribution is 7.85. The third-order valence-corrected chi connectivity index (χ3v) is 3.30. The molecule has 1 saturated heterocycles. The fourth-order valence-corrected chi connectivity index (χ4v) is 2.09. The number of hydrogen-bond donors (Lipinski definition) is 2. The van der Waals surface area contributed by atoms with E-state index in [9.17, 15) is 13.5 Å². The number of nitrogens with zero attached hydrogens (tertiary/aromatic N) is 2. The Morgan fingerprint density at radius 1 is 1.27 bits per heavy atom. The number of rotatable bonds is 4. The van der Waals surface area contributed by atoms with E-state index in [1.54, 1.807) is 6.92 Å². The van der Waals surface area contributed by atoms with Gasteiger partial charge in [-0.25, -0.2) is 0 Å². The maximum absolute atomic E-state index is 10.5. The van der Waals surface area contributed by atoms with Gasteiger partial charge in [0.25, 0.3) is 10.1 Å². The van der Waals surface area contributed by atoms with Crippen LogP contribution in [0.1, 0.15) is 6.92 Å². The van der Waals surface area contributed by atoms with E-state index in [1.165, 1.54) is 0 Å². The minimum Gasteiger partial charge on any atom is -0.379 e. The zero-order chi connectivity index (χ0) is 11.5. The second kappa shape index (κ2) is 5.22. The molecular formula is C8H18N2O4S. The normalized spacial score (nSPS) is 22.9. The van der Waals surface area contributed by atoms with Crippen LogP contribution in [0, 0.1) is 0 Å². The highest BCUT2D eigenvalue weighted by Gasteiger charge is 2.20. The molecule has 0 aliphatic carbocycles. The monoisotopic (exact) mass is 238 g/mol. The summed E-state index contributed by atoms with van der Waals surface area (Å²) < 4.78 is 29.6. The second-order valence-corrected chi connectivity index (χ2v) is 5.37. The average Bonchev–Trinajstić information content (AvgIpc) is 2.14. The van der Waals surface area contributed by atoms with Crippen molar-refractivity contribution >= 4 is 10.1 Å². The first-order valence-corrected chi connectivity index (χ1v) is 6.59. The minimum absolute atomic E-state index is 0.221. The molecule has 1 atom stereocenters. The standard InChI is InChI=1S/C8H18N2O4S/c1-8(11)10-4-2-9(3-5-10)6-7-15(12,13)14/h8,11H,2-7H2,1H3,(H,12,13,14). The lowest BCUT2D eigenvalue weighted by Gasteiger charge is -2.35. The molecule has 0 aromatic rings. The van der Waals surface area contributed by atoms with Crippen LogP contribution in [0.25, 0.3) is 0 Å². The molecule has 1 fully saturated rings. The molecule has 0 saturated carbocycles. The molecule has 0 amide bonds. The van der Waals surface area contributed by atoms with Crippen LogP contribution in [0.4, 0.5) is 0 Å². The molecule has 2 N–H and O–H groups in total. The Kier molecular flexibility index (Phi) is 4.47. The van der Waals surface area contributed by atoms with Gasteiger partial charge in [0.15, 0.2) is 0 Å². The van der Waals surface area contributed by atoms with E-state index in [4.69, 9.17) is 4.55 Å². The van der Waals surface area contributed by atoms with Crippen molar-refractivity contribution in [3.05, 3.63) is 0 Å². The lowest BCUT2D eigenvalue weighted by molar-refractivity contribution is -0.0117. The molecule has 15 heavy (non-hydrogen) atoms. The first kappa shape index (κ1) is 12.9. The zero-order valence-corrected chi connectivity index (χ0v) is 9.65. The number of aliphatic hydroxyl groups excluding tert-OH is 1. The lowest BCUT2D eigenvalue weighted by Crippen LogP contribution is -2.50. The van der Waals surface area contributed by atoms with Crippen molar-refractivity contribution in [2.24, 2.45) is 0 Å². The summed E-state index contributed by atoms with van der Waals surface area (Å²) in [6.45, 7) is 4.97. The summed E-state index contributed by atoms with van der Waals surface area (Å²) in [5.74, 6) is -0.221. The third kappa shape index (κ3) is 4.89. The van der Waals surface area contributed by atoms with Crippen molar-refractivity contribution in [3.8, 4) is 0 Å². The summed E-state index contributed by atoms with van der Waals surface area (Å²) in [4.78, 5) is 3.89. The molecule has 0 aromatic carbocycles. The second-order valence-electron chi connectivity index (χ2n) is 3.80. The van der Waals surface area contributed by atoms with Gasteiger partial charge in [0, 0.05) is 32.7 Å². The van der Waals surface area contributed by atoms with Gasteiger partial charge in [-0.2, -0.15) is 8.42 Å². The summed E-state index contributed by atoms with van der Waals surface area (Å²) >= 11 is 0. The van der Waals surface area contributed by atoms with E-state index in [0.717, 1.165) is 26.2 Å². The number of hydrogen-bond acceptors (Lipinski definition) is 5. The largest absolute Gasteiger partial charge is 0.379 e. The predicted molar refractivity (Wildman–Crippen MR) is 56.1 cm³/mol. The van der Waals surface area contributed by atoms with Crippen LogP contribution in [0.3, 0.4) is 0 Å². The zero-order valence-electron chi connectivity index (χ0n) is 8.83. The van der Waals surface area contributed by atoms with Gasteiger partial charge in [-0.05, 0) is 6.92 Å². The molecule has 0 spiro atoms. The number of piperazine rings is 1. The van der Waals surface area contributed by atoms with Crippen molar-refractivity contribution in [1.29, 1.82) is 0 Å². The van der Waals surface area contributed by atoms with Gasteiger partial charge >= 0.3 is 0 Å². The van der Waals surface area contributed by atoms with Crippen LogP contribution >= 0.6 is 0 Å². The summed E-state index contributed by atoms with van der Waals surface area (Å²) in [6.07, 6.45) is -0.450. The Labute approximate surface area is 90.2 Å². The molecule has 0 radical (unpaired) electrons. The Bertz CT molecular complexity index is 283. The van der Waals surface area contributed by atoms with Gasteiger partial charge in [0.05, 0.1) is 5.75 Å². The molecule has 1 rings (SSSR count). The van der Waals surface area contributed by atoms with E-state index in [1.807, 2.05) is 9.80 Å². The van der Waals surface area contributed by atoms with Crippen LogP contribution in [0.15, 0.2) is 0 Å². The smallest absolute Gasteiger partial charge is 0.266 e. The van der Waals surface area contributed by atoms with E-state index >= 15 is 0 Å². The van der Waals surface area contributed by atoms with Crippen LogP contribution in [0.5, 0.6) is 0 Å². The molecule has 1 aliphatic heterocycles. The van der Waals surface area contributed by atoms with Gasteiger partial charge in [0.1, 0.15) is 6.23 Å². The van der Waals surface area contributed by atoms with E-state index in [2.05, 4.69) is 0 Å². The molecule has 1 unspecified atom stereocenters. The molecular weight excluding hydrogens is 220 g/mol. The van der Waals surface area contributed by atoms with E-state index in [-0.39, 0.29) is 5.75 Å². The van der Waals surface area contributed by atoms with Gasteiger partial charge in [0.2, 0.25) is 0 Å². The quantitative estimate of drug-likeness (QED) is 0.601. The van der Waals surface area contributed by atoms with Crippen molar-refractivity contribution in [3.63, 3.8) is 0 Å². The van der Waals surface area contributed by atoms with Crippen LogP contribution < -0.4 is 0 Å². The maximum Gasteiger partial charge on any atom is 0.266 e. The average molecular weight is 238 g/mol. The first-order chi connectivity index (χ1) is 6.88. The fraction of sp³-hybridized carbons (Fsp3) is 1.00. The molecule has 0 aromatic heterocycles. The van der Waals surface area contributed by atoms with Crippen LogP contribution in [-0.4, -0.2) is 72.6 Å². The highest BCUT2D eigenvalue weighted by atomic mass is 32.2. The van der Waals surface area contributed by atoms with Crippen LogP contribution in [0.2, 0.25) is 0 Å². The van der Waals surface area contributed by atoms with E-state index < -0.39 is 16.3 Å². The summed E-state index contributed by atoms with van der Waals surface area (Å²) in [7, 11) is -3.86. The van der Waals surface area contributed by atoms with Crippen molar-refractivity contribution in [2.75, 3.05) is 38.5 Å². The molecule has 1 aliphatic rings. The lowest BCUT2D eigenvalue weighted by atomic mass is 10.3. The highest BCUT2D eigenvalue weighted by Crippen LogP contribution is 2.04. The molecule has 6 nitrogen and oxygen atoms in total. The summed E-state index contributed by atoms with van der Waals surface area (Å²) in [5, 5.41) is 9.29. The van der Waals surface area contributed by atoms with Gasteiger partial charge in [-0.15, -0.1) is 0 Å². The van der Waals surface area contributed by atoms with Gasteiger partial charge in [-0.1, -0.05) is 0 Å². The minimum atomic E-state index is -3.86. The van der Waals surface area contributed by atoms with Crippen molar-refractivity contribution < 1.29 is 18.1 Å². The fourth-order valence-electron chi connectivity index (χ4n) is 1.61. The SMILES string of the molecule is CC(O)N1CCN(CCS(=O)(=O)O)CC1. The maximum atomic E-state index is 10.5. The Morgan fingerprint density at radius 2 is 1.80 bits per heavy atom. The first-order valence-electron chi connectivity index (χ1n) is 4.98. The molecule has 90 valence electrons. The Balaban J connectivity index is 2.26. The van der Waals surface area contributed by atoms with E-state index in [0.29, 0.717) is 6.54 Å². The van der Waals surface area contributed by atoms with Crippen molar-refractivity contribution in [1.82, 2.24) is 9.80 Å². The van der Waals surface area contributed by atoms with Gasteiger partial charge < -0.3 is 5.11 Å². The predicted octanol–water partition coefficient (Wildman–Crippen LogP) is -1.17. The topological polar surface area (TPSA) is 81.1 Å². The summed E-state index contributed by atoms with van der Waals surface area (Å²) in [6, 6.07) is 0. The molecule has 0 bridgehead atoms.